The quantitative estimate of drug-likeness (QED) is 0.359. The summed E-state index contributed by atoms with van der Waals surface area (Å²) in [4.78, 5) is 22.8. The molecule has 8 heteroatoms. The molecule has 0 saturated heterocycles. The summed E-state index contributed by atoms with van der Waals surface area (Å²) in [6, 6.07) is 5.00. The molecule has 0 fully saturated rings. The molecule has 0 unspecified atom stereocenters. The molecule has 0 aliphatic rings. The van der Waals surface area contributed by atoms with Crippen LogP contribution in [0.4, 0.5) is 0 Å². The molecule has 0 radical (unpaired) electrons. The molecular formula is C13H15Cl2N3O3. The van der Waals surface area contributed by atoms with E-state index in [1.165, 1.54) is 6.21 Å². The number of carbonyl (C=O) groups excluding carboxylic acids is 2. The number of benzene rings is 1. The predicted molar refractivity (Wildman–Crippen MR) is 81.7 cm³/mol. The van der Waals surface area contributed by atoms with Crippen LogP contribution in [0.5, 0.6) is 0 Å². The molecule has 0 heterocycles. The van der Waals surface area contributed by atoms with Crippen molar-refractivity contribution in [3.05, 3.63) is 33.8 Å². The minimum Gasteiger partial charge on any atom is -0.385 e. The highest BCUT2D eigenvalue weighted by Crippen LogP contribution is 2.23. The molecule has 1 rings (SSSR count). The molecule has 0 aromatic heterocycles. The second-order valence-electron chi connectivity index (χ2n) is 3.94. The van der Waals surface area contributed by atoms with Gasteiger partial charge in [-0.15, -0.1) is 0 Å². The van der Waals surface area contributed by atoms with Gasteiger partial charge in [-0.3, -0.25) is 9.59 Å². The summed E-state index contributed by atoms with van der Waals surface area (Å²) in [6.07, 6.45) is 1.93. The van der Waals surface area contributed by atoms with E-state index in [0.29, 0.717) is 35.2 Å². The standard InChI is InChI=1S/C13H15Cl2N3O3/c1-21-7-3-6-16-12(19)13(20)18-17-8-9-4-2-5-10(14)11(9)15/h2,4-5,8H,3,6-7H2,1H3,(H,16,19)(H,18,20)/b17-8-. The Hall–Kier alpha value is -1.63. The van der Waals surface area contributed by atoms with E-state index in [-0.39, 0.29) is 0 Å². The number of amides is 2. The molecule has 2 amide bonds. The highest BCUT2D eigenvalue weighted by atomic mass is 35.5. The third-order valence-corrected chi connectivity index (χ3v) is 3.20. The molecule has 0 aliphatic heterocycles. The lowest BCUT2D eigenvalue weighted by Gasteiger charge is -2.03. The van der Waals surface area contributed by atoms with Crippen molar-refractivity contribution >= 4 is 41.2 Å². The van der Waals surface area contributed by atoms with E-state index in [1.807, 2.05) is 0 Å². The van der Waals surface area contributed by atoms with E-state index in [2.05, 4.69) is 15.8 Å². The summed E-state index contributed by atoms with van der Waals surface area (Å²) < 4.78 is 4.82. The Balaban J connectivity index is 2.43. The summed E-state index contributed by atoms with van der Waals surface area (Å²) in [7, 11) is 1.56. The van der Waals surface area contributed by atoms with Gasteiger partial charge in [0.15, 0.2) is 0 Å². The molecule has 21 heavy (non-hydrogen) atoms. The van der Waals surface area contributed by atoms with E-state index in [0.717, 1.165) is 0 Å². The maximum Gasteiger partial charge on any atom is 0.329 e. The van der Waals surface area contributed by atoms with E-state index in [4.69, 9.17) is 27.9 Å². The Kier molecular flexibility index (Phi) is 7.74. The Morgan fingerprint density at radius 1 is 1.33 bits per heavy atom. The van der Waals surface area contributed by atoms with Crippen LogP contribution in [0.25, 0.3) is 0 Å². The van der Waals surface area contributed by atoms with Crippen LogP contribution in [0.2, 0.25) is 10.0 Å². The number of rotatable bonds is 6. The van der Waals surface area contributed by atoms with Crippen LogP contribution in [-0.2, 0) is 14.3 Å². The maximum absolute atomic E-state index is 11.4. The number of carbonyl (C=O) groups is 2. The van der Waals surface area contributed by atoms with Crippen molar-refractivity contribution in [3.63, 3.8) is 0 Å². The van der Waals surface area contributed by atoms with Gasteiger partial charge in [0.2, 0.25) is 0 Å². The van der Waals surface area contributed by atoms with Gasteiger partial charge in [0.1, 0.15) is 0 Å². The van der Waals surface area contributed by atoms with Crippen LogP contribution < -0.4 is 10.7 Å². The van der Waals surface area contributed by atoms with Gasteiger partial charge in [-0.25, -0.2) is 5.43 Å². The average molecular weight is 332 g/mol. The van der Waals surface area contributed by atoms with Crippen molar-refractivity contribution < 1.29 is 14.3 Å². The monoisotopic (exact) mass is 331 g/mol. The molecule has 2 N–H and O–H groups in total. The summed E-state index contributed by atoms with van der Waals surface area (Å²) in [5.41, 5.74) is 2.64. The smallest absolute Gasteiger partial charge is 0.329 e. The van der Waals surface area contributed by atoms with Crippen LogP contribution in [0.15, 0.2) is 23.3 Å². The average Bonchev–Trinajstić information content (AvgIpc) is 2.47. The fraction of sp³-hybridized carbons (Fsp3) is 0.308. The number of ether oxygens (including phenoxy) is 1. The number of hydrogen-bond donors (Lipinski definition) is 2. The number of nitrogens with zero attached hydrogens (tertiary/aromatic N) is 1. The van der Waals surface area contributed by atoms with Crippen LogP contribution in [0, 0.1) is 0 Å². The largest absolute Gasteiger partial charge is 0.385 e. The molecule has 0 bridgehead atoms. The Labute approximate surface area is 132 Å². The van der Waals surface area contributed by atoms with Gasteiger partial charge in [-0.1, -0.05) is 35.3 Å². The predicted octanol–water partition coefficient (Wildman–Crippen LogP) is 1.60. The number of nitrogens with one attached hydrogen (secondary N) is 2. The van der Waals surface area contributed by atoms with Gasteiger partial charge >= 0.3 is 11.8 Å². The molecular weight excluding hydrogens is 317 g/mol. The second kappa shape index (κ2) is 9.33. The van der Waals surface area contributed by atoms with E-state index in [9.17, 15) is 9.59 Å². The third kappa shape index (κ3) is 6.12. The van der Waals surface area contributed by atoms with Crippen LogP contribution in [0.1, 0.15) is 12.0 Å². The van der Waals surface area contributed by atoms with Crippen molar-refractivity contribution in [3.8, 4) is 0 Å². The molecule has 0 spiro atoms. The second-order valence-corrected chi connectivity index (χ2v) is 4.73. The zero-order valence-corrected chi connectivity index (χ0v) is 12.9. The minimum absolute atomic E-state index is 0.321. The van der Waals surface area contributed by atoms with Crippen molar-refractivity contribution in [2.24, 2.45) is 5.10 Å². The minimum atomic E-state index is -0.859. The van der Waals surface area contributed by atoms with Gasteiger partial charge < -0.3 is 10.1 Å². The molecule has 114 valence electrons. The normalized spacial score (nSPS) is 10.6. The SMILES string of the molecule is COCCCNC(=O)C(=O)N/N=C\c1cccc(Cl)c1Cl. The van der Waals surface area contributed by atoms with Crippen LogP contribution >= 0.6 is 23.2 Å². The third-order valence-electron chi connectivity index (χ3n) is 2.37. The van der Waals surface area contributed by atoms with E-state index >= 15 is 0 Å². The lowest BCUT2D eigenvalue weighted by Crippen LogP contribution is -2.38. The maximum atomic E-state index is 11.4. The first-order valence-electron chi connectivity index (χ1n) is 6.10. The molecule has 0 atom stereocenters. The van der Waals surface area contributed by atoms with E-state index in [1.54, 1.807) is 25.3 Å². The van der Waals surface area contributed by atoms with Gasteiger partial charge in [0.05, 0.1) is 16.3 Å². The molecule has 6 nitrogen and oxygen atoms in total. The number of halogens is 2. The van der Waals surface area contributed by atoms with Gasteiger partial charge in [0.25, 0.3) is 0 Å². The van der Waals surface area contributed by atoms with Gasteiger partial charge in [-0.2, -0.15) is 5.10 Å². The Bertz CT molecular complexity index is 535. The number of hydrazone groups is 1. The molecule has 0 saturated carbocycles. The van der Waals surface area contributed by atoms with Gasteiger partial charge in [0, 0.05) is 25.8 Å². The summed E-state index contributed by atoms with van der Waals surface area (Å²) >= 11 is 11.8. The summed E-state index contributed by atoms with van der Waals surface area (Å²) in [5, 5.41) is 6.79. The molecule has 1 aromatic carbocycles. The zero-order chi connectivity index (χ0) is 15.7. The molecule has 1 aromatic rings. The van der Waals surface area contributed by atoms with E-state index < -0.39 is 11.8 Å². The highest BCUT2D eigenvalue weighted by Gasteiger charge is 2.11. The first kappa shape index (κ1) is 17.4. The Morgan fingerprint density at radius 3 is 2.81 bits per heavy atom. The number of methoxy groups -OCH3 is 1. The number of hydrogen-bond acceptors (Lipinski definition) is 4. The fourth-order valence-electron chi connectivity index (χ4n) is 1.33. The zero-order valence-electron chi connectivity index (χ0n) is 11.4. The fourth-order valence-corrected chi connectivity index (χ4v) is 1.69. The van der Waals surface area contributed by atoms with Crippen LogP contribution in [-0.4, -0.2) is 38.3 Å². The molecule has 0 aliphatic carbocycles. The van der Waals surface area contributed by atoms with Crippen molar-refractivity contribution in [1.82, 2.24) is 10.7 Å². The lowest BCUT2D eigenvalue weighted by molar-refractivity contribution is -0.139. The van der Waals surface area contributed by atoms with Crippen LogP contribution in [0.3, 0.4) is 0 Å². The lowest BCUT2D eigenvalue weighted by atomic mass is 10.2. The topological polar surface area (TPSA) is 79.8 Å². The Morgan fingerprint density at radius 2 is 2.10 bits per heavy atom. The van der Waals surface area contributed by atoms with Crippen molar-refractivity contribution in [1.29, 1.82) is 0 Å². The van der Waals surface area contributed by atoms with Crippen molar-refractivity contribution in [2.45, 2.75) is 6.42 Å². The van der Waals surface area contributed by atoms with Crippen molar-refractivity contribution in [2.75, 3.05) is 20.3 Å². The van der Waals surface area contributed by atoms with Gasteiger partial charge in [-0.05, 0) is 12.5 Å². The summed E-state index contributed by atoms with van der Waals surface area (Å²) in [6.45, 7) is 0.858. The first-order chi connectivity index (χ1) is 10.1. The highest BCUT2D eigenvalue weighted by molar-refractivity contribution is 6.43. The summed E-state index contributed by atoms with van der Waals surface area (Å²) in [5.74, 6) is -1.62. The first-order valence-corrected chi connectivity index (χ1v) is 6.86.